The van der Waals surface area contributed by atoms with Crippen molar-refractivity contribution in [1.82, 2.24) is 5.32 Å². The average molecular weight is 169 g/mol. The Morgan fingerprint density at radius 1 is 1.58 bits per heavy atom. The second-order valence-corrected chi connectivity index (χ2v) is 3.24. The van der Waals surface area contributed by atoms with Crippen molar-refractivity contribution < 1.29 is 14.6 Å². The van der Waals surface area contributed by atoms with Crippen LogP contribution in [0.4, 0.5) is 0 Å². The van der Waals surface area contributed by atoms with Gasteiger partial charge in [-0.3, -0.25) is 0 Å². The Kier molecular flexibility index (Phi) is 2.97. The first-order valence-corrected chi connectivity index (χ1v) is 4.09. The Morgan fingerprint density at radius 3 is 2.58 bits per heavy atom. The van der Waals surface area contributed by atoms with E-state index < -0.39 is 11.4 Å². The van der Waals surface area contributed by atoms with Crippen molar-refractivity contribution in [2.24, 2.45) is 5.41 Å². The van der Waals surface area contributed by atoms with Gasteiger partial charge >= 0.3 is 70.7 Å². The Hall–Kier alpha value is -0.705. The Bertz CT molecular complexity index is 191. The van der Waals surface area contributed by atoms with Crippen LogP contribution < -0.4 is 5.32 Å². The van der Waals surface area contributed by atoms with Crippen LogP contribution in [0.1, 0.15) is 19.3 Å². The van der Waals surface area contributed by atoms with Crippen LogP contribution >= 0.6 is 0 Å². The van der Waals surface area contributed by atoms with Gasteiger partial charge in [-0.25, -0.2) is 0 Å². The molecular weight excluding hydrogens is 157 g/mol. The molecule has 0 aliphatic heterocycles. The zero-order valence-corrected chi connectivity index (χ0v) is 6.88. The summed E-state index contributed by atoms with van der Waals surface area (Å²) in [4.78, 5) is 10.8. The molecule has 0 aromatic rings. The Morgan fingerprint density at radius 2 is 2.25 bits per heavy atom. The van der Waals surface area contributed by atoms with Crippen molar-refractivity contribution in [3.05, 3.63) is 0 Å². The summed E-state index contributed by atoms with van der Waals surface area (Å²) in [6, 6.07) is 0. The normalized spacial score (nSPS) is 19.3. The third-order valence-corrected chi connectivity index (χ3v) is 2.46. The molecule has 0 heterocycles. The van der Waals surface area contributed by atoms with E-state index in [9.17, 15) is 9.50 Å². The minimum atomic E-state index is -0.743. The predicted octanol–water partition coefficient (Wildman–Crippen LogP) is -0.162. The van der Waals surface area contributed by atoms with Gasteiger partial charge in [0.15, 0.2) is 0 Å². The van der Waals surface area contributed by atoms with E-state index in [4.69, 9.17) is 5.11 Å². The topological polar surface area (TPSA) is 66.4 Å². The van der Waals surface area contributed by atoms with E-state index in [1.54, 1.807) is 0 Å². The van der Waals surface area contributed by atoms with Crippen LogP contribution in [-0.4, -0.2) is 31.2 Å². The number of hydrogen-bond acceptors (Lipinski definition) is 3. The number of nitrogens with one attached hydrogen (secondary N) is 1. The molecule has 0 spiro atoms. The fourth-order valence-electron chi connectivity index (χ4n) is 1.44. The molecule has 0 aromatic heterocycles. The van der Waals surface area contributed by atoms with Gasteiger partial charge in [-0.2, -0.15) is 0 Å². The Balaban J connectivity index is 2.34. The predicted molar refractivity (Wildman–Crippen MR) is 43.2 cm³/mol. The average Bonchev–Trinajstić information content (AvgIpc) is 1.94. The molecule has 0 radical (unpaired) electrons. The van der Waals surface area contributed by atoms with E-state index in [0.717, 1.165) is 26.4 Å². The SMILES string of the molecule is O=BCNCC1(C(=O)O)CCC1. The molecule has 12 heavy (non-hydrogen) atoms. The maximum atomic E-state index is 10.8. The van der Waals surface area contributed by atoms with Crippen LogP contribution in [0.3, 0.4) is 0 Å². The molecule has 1 aliphatic rings. The number of carbonyl (C=O) groups is 1. The van der Waals surface area contributed by atoms with Gasteiger partial charge < -0.3 is 0 Å². The third-order valence-electron chi connectivity index (χ3n) is 2.46. The number of carboxylic acid groups (broad SMARTS) is 1. The molecule has 66 valence electrons. The minimum absolute atomic E-state index is 0.245. The van der Waals surface area contributed by atoms with Crippen LogP contribution in [-0.2, 0) is 9.50 Å². The zero-order valence-electron chi connectivity index (χ0n) is 6.88. The first-order chi connectivity index (χ1) is 5.71. The van der Waals surface area contributed by atoms with Gasteiger partial charge in [-0.05, 0) is 0 Å². The van der Waals surface area contributed by atoms with E-state index in [1.807, 2.05) is 0 Å². The molecular formula is C7H12BNO3. The molecule has 1 fully saturated rings. The van der Waals surface area contributed by atoms with Gasteiger partial charge in [0, 0.05) is 0 Å². The van der Waals surface area contributed by atoms with Crippen LogP contribution in [0.2, 0.25) is 0 Å². The summed E-state index contributed by atoms with van der Waals surface area (Å²) in [6.45, 7) is 0.418. The standard InChI is InChI=1S/C7H12BNO3/c10-6(11)7(2-1-3-7)4-9-5-8-12/h9H,1-5H2,(H,10,11). The van der Waals surface area contributed by atoms with Gasteiger partial charge in [-0.15, -0.1) is 0 Å². The molecule has 0 amide bonds. The summed E-state index contributed by atoms with van der Waals surface area (Å²) in [5.41, 5.74) is -0.580. The summed E-state index contributed by atoms with van der Waals surface area (Å²) in [7, 11) is 0.744. The fourth-order valence-corrected chi connectivity index (χ4v) is 1.44. The number of rotatable bonds is 5. The van der Waals surface area contributed by atoms with Crippen molar-refractivity contribution >= 4 is 13.1 Å². The van der Waals surface area contributed by atoms with E-state index in [1.165, 1.54) is 0 Å². The molecule has 1 rings (SSSR count). The van der Waals surface area contributed by atoms with Crippen molar-refractivity contribution in [3.8, 4) is 0 Å². The first-order valence-electron chi connectivity index (χ1n) is 4.09. The molecule has 0 saturated heterocycles. The third kappa shape index (κ3) is 1.72. The van der Waals surface area contributed by atoms with Crippen molar-refractivity contribution in [1.29, 1.82) is 0 Å². The van der Waals surface area contributed by atoms with E-state index in [2.05, 4.69) is 5.32 Å². The van der Waals surface area contributed by atoms with Gasteiger partial charge in [-0.1, -0.05) is 0 Å². The molecule has 1 aliphatic carbocycles. The fraction of sp³-hybridized carbons (Fsp3) is 0.857. The van der Waals surface area contributed by atoms with Gasteiger partial charge in [0.1, 0.15) is 0 Å². The molecule has 2 N–H and O–H groups in total. The number of aliphatic carboxylic acids is 1. The second kappa shape index (κ2) is 3.80. The summed E-state index contributed by atoms with van der Waals surface area (Å²) < 4.78 is 9.96. The van der Waals surface area contributed by atoms with Gasteiger partial charge in [0.25, 0.3) is 0 Å². The van der Waals surface area contributed by atoms with Crippen molar-refractivity contribution in [3.63, 3.8) is 0 Å². The van der Waals surface area contributed by atoms with E-state index >= 15 is 0 Å². The molecule has 0 atom stereocenters. The summed E-state index contributed by atoms with van der Waals surface area (Å²) in [5.74, 6) is -0.743. The molecule has 0 aromatic carbocycles. The quantitative estimate of drug-likeness (QED) is 0.443. The molecule has 5 heteroatoms. The number of hydrogen-bond donors (Lipinski definition) is 2. The summed E-state index contributed by atoms with van der Waals surface area (Å²) in [6.07, 6.45) is 2.69. The Labute approximate surface area is 71.6 Å². The van der Waals surface area contributed by atoms with Crippen LogP contribution in [0.5, 0.6) is 0 Å². The molecule has 1 saturated carbocycles. The summed E-state index contributed by atoms with van der Waals surface area (Å²) >= 11 is 0. The van der Waals surface area contributed by atoms with Gasteiger partial charge in [0.2, 0.25) is 0 Å². The zero-order chi connectivity index (χ0) is 9.03. The van der Waals surface area contributed by atoms with Crippen molar-refractivity contribution in [2.45, 2.75) is 19.3 Å². The van der Waals surface area contributed by atoms with E-state index in [-0.39, 0.29) is 6.44 Å². The van der Waals surface area contributed by atoms with Crippen LogP contribution in [0.25, 0.3) is 0 Å². The number of carboxylic acids is 1. The van der Waals surface area contributed by atoms with Crippen LogP contribution in [0, 0.1) is 5.41 Å². The molecule has 0 bridgehead atoms. The first kappa shape index (κ1) is 9.38. The monoisotopic (exact) mass is 169 g/mol. The molecule has 4 nitrogen and oxygen atoms in total. The maximum absolute atomic E-state index is 10.8. The summed E-state index contributed by atoms with van der Waals surface area (Å²) in [5, 5.41) is 11.7. The van der Waals surface area contributed by atoms with Gasteiger partial charge in [0.05, 0.1) is 0 Å². The second-order valence-electron chi connectivity index (χ2n) is 3.24. The van der Waals surface area contributed by atoms with Crippen LogP contribution in [0.15, 0.2) is 0 Å². The van der Waals surface area contributed by atoms with E-state index in [0.29, 0.717) is 6.54 Å². The van der Waals surface area contributed by atoms with Crippen molar-refractivity contribution in [2.75, 3.05) is 13.0 Å². The molecule has 0 unspecified atom stereocenters.